The Morgan fingerprint density at radius 3 is 2.70 bits per heavy atom. The van der Waals surface area contributed by atoms with Crippen LogP contribution in [0.25, 0.3) is 10.9 Å². The van der Waals surface area contributed by atoms with Gasteiger partial charge in [-0.1, -0.05) is 18.2 Å². The number of likely N-dealkylation sites (tertiary alicyclic amines) is 1. The molecule has 4 rings (SSSR count). The first-order valence-corrected chi connectivity index (χ1v) is 8.46. The number of carbonyl (C=O) groups is 1. The van der Waals surface area contributed by atoms with Crippen molar-refractivity contribution < 1.29 is 4.79 Å². The van der Waals surface area contributed by atoms with E-state index in [0.717, 1.165) is 55.7 Å². The Hall–Kier alpha value is -1.85. The number of fused-ring (bicyclic) bond motifs is 1. The average molecular weight is 312 g/mol. The van der Waals surface area contributed by atoms with E-state index in [-0.39, 0.29) is 5.91 Å². The number of H-pyrrole nitrogens is 1. The van der Waals surface area contributed by atoms with E-state index in [9.17, 15) is 4.79 Å². The zero-order valence-electron chi connectivity index (χ0n) is 13.7. The molecule has 1 aromatic heterocycles. The standard InChI is InChI=1S/C18H24N4O/c1-20-6-8-21(9-7-20)15-12-22(13-15)18(23)10-14-11-19-17-5-3-2-4-16(14)17/h2-5,11,15,19H,6-10,12-13H2,1H3. The van der Waals surface area contributed by atoms with E-state index >= 15 is 0 Å². The lowest BCUT2D eigenvalue weighted by Crippen LogP contribution is -2.64. The van der Waals surface area contributed by atoms with E-state index in [1.165, 1.54) is 0 Å². The Labute approximate surface area is 136 Å². The van der Waals surface area contributed by atoms with E-state index in [1.54, 1.807) is 0 Å². The number of piperazine rings is 1. The third kappa shape index (κ3) is 2.86. The van der Waals surface area contributed by atoms with Crippen molar-refractivity contribution in [3.63, 3.8) is 0 Å². The monoisotopic (exact) mass is 312 g/mol. The molecule has 0 aliphatic carbocycles. The van der Waals surface area contributed by atoms with Crippen LogP contribution in [-0.2, 0) is 11.2 Å². The summed E-state index contributed by atoms with van der Waals surface area (Å²) >= 11 is 0. The molecule has 5 heteroatoms. The van der Waals surface area contributed by atoms with Gasteiger partial charge in [-0.15, -0.1) is 0 Å². The van der Waals surface area contributed by atoms with Gasteiger partial charge in [0.1, 0.15) is 0 Å². The number of para-hydroxylation sites is 1. The minimum absolute atomic E-state index is 0.250. The highest BCUT2D eigenvalue weighted by atomic mass is 16.2. The zero-order valence-corrected chi connectivity index (χ0v) is 13.7. The van der Waals surface area contributed by atoms with Crippen LogP contribution in [0.4, 0.5) is 0 Å². The van der Waals surface area contributed by atoms with E-state index < -0.39 is 0 Å². The number of amides is 1. The van der Waals surface area contributed by atoms with Gasteiger partial charge in [-0.05, 0) is 18.7 Å². The molecular weight excluding hydrogens is 288 g/mol. The fourth-order valence-electron chi connectivity index (χ4n) is 3.63. The molecule has 1 amide bonds. The highest BCUT2D eigenvalue weighted by Crippen LogP contribution is 2.21. The first-order valence-electron chi connectivity index (χ1n) is 8.46. The largest absolute Gasteiger partial charge is 0.361 e. The summed E-state index contributed by atoms with van der Waals surface area (Å²) in [6.07, 6.45) is 2.47. The van der Waals surface area contributed by atoms with Crippen molar-refractivity contribution in [3.05, 3.63) is 36.0 Å². The first kappa shape index (κ1) is 14.7. The Morgan fingerprint density at radius 2 is 1.91 bits per heavy atom. The molecule has 0 bridgehead atoms. The predicted molar refractivity (Wildman–Crippen MR) is 91.4 cm³/mol. The van der Waals surface area contributed by atoms with Gasteiger partial charge in [-0.25, -0.2) is 0 Å². The Bertz CT molecular complexity index is 696. The van der Waals surface area contributed by atoms with Gasteiger partial charge in [0.05, 0.1) is 6.42 Å². The maximum Gasteiger partial charge on any atom is 0.227 e. The molecule has 23 heavy (non-hydrogen) atoms. The highest BCUT2D eigenvalue weighted by Gasteiger charge is 2.35. The number of benzene rings is 1. The Balaban J connectivity index is 1.33. The van der Waals surface area contributed by atoms with Crippen LogP contribution in [0.2, 0.25) is 0 Å². The summed E-state index contributed by atoms with van der Waals surface area (Å²) in [7, 11) is 2.18. The summed E-state index contributed by atoms with van der Waals surface area (Å²) in [5, 5.41) is 1.16. The summed E-state index contributed by atoms with van der Waals surface area (Å²) in [4.78, 5) is 22.7. The predicted octanol–water partition coefficient (Wildman–Crippen LogP) is 1.17. The van der Waals surface area contributed by atoms with Gasteiger partial charge >= 0.3 is 0 Å². The van der Waals surface area contributed by atoms with Crippen LogP contribution in [0.3, 0.4) is 0 Å². The maximum atomic E-state index is 12.5. The lowest BCUT2D eigenvalue weighted by molar-refractivity contribution is -0.138. The van der Waals surface area contributed by atoms with Crippen LogP contribution in [0.1, 0.15) is 5.56 Å². The molecule has 3 heterocycles. The van der Waals surface area contributed by atoms with Crippen molar-refractivity contribution in [2.75, 3.05) is 46.3 Å². The van der Waals surface area contributed by atoms with Gasteiger partial charge in [0.25, 0.3) is 0 Å². The second-order valence-corrected chi connectivity index (χ2v) is 6.83. The SMILES string of the molecule is CN1CCN(C2CN(C(=O)Cc3c[nH]c4ccccc34)C2)CC1. The van der Waals surface area contributed by atoms with Crippen LogP contribution in [0.15, 0.2) is 30.5 Å². The summed E-state index contributed by atoms with van der Waals surface area (Å²) in [5.74, 6) is 0.250. The number of aromatic amines is 1. The lowest BCUT2D eigenvalue weighted by Gasteiger charge is -2.47. The van der Waals surface area contributed by atoms with Crippen molar-refractivity contribution in [2.24, 2.45) is 0 Å². The summed E-state index contributed by atoms with van der Waals surface area (Å²) < 4.78 is 0. The molecule has 0 unspecified atom stereocenters. The lowest BCUT2D eigenvalue weighted by atomic mass is 10.0. The van der Waals surface area contributed by atoms with Gasteiger partial charge < -0.3 is 14.8 Å². The molecule has 2 aliphatic heterocycles. The smallest absolute Gasteiger partial charge is 0.227 e. The number of aromatic nitrogens is 1. The Kier molecular flexibility index (Phi) is 3.83. The highest BCUT2D eigenvalue weighted by molar-refractivity contribution is 5.89. The maximum absolute atomic E-state index is 12.5. The van der Waals surface area contributed by atoms with Crippen molar-refractivity contribution in [2.45, 2.75) is 12.5 Å². The number of rotatable bonds is 3. The van der Waals surface area contributed by atoms with E-state index in [2.05, 4.69) is 34.0 Å². The first-order chi connectivity index (χ1) is 11.2. The molecule has 2 saturated heterocycles. The number of nitrogens with one attached hydrogen (secondary N) is 1. The number of nitrogens with zero attached hydrogens (tertiary/aromatic N) is 3. The molecule has 2 aromatic rings. The van der Waals surface area contributed by atoms with Crippen LogP contribution in [-0.4, -0.2) is 77.9 Å². The van der Waals surface area contributed by atoms with E-state index in [0.29, 0.717) is 12.5 Å². The average Bonchev–Trinajstić information content (AvgIpc) is 2.91. The fourth-order valence-corrected chi connectivity index (χ4v) is 3.63. The van der Waals surface area contributed by atoms with Crippen LogP contribution < -0.4 is 0 Å². The molecule has 5 nitrogen and oxygen atoms in total. The number of hydrogen-bond donors (Lipinski definition) is 1. The molecule has 0 spiro atoms. The molecule has 0 saturated carbocycles. The van der Waals surface area contributed by atoms with Crippen molar-refractivity contribution in [1.82, 2.24) is 19.7 Å². The van der Waals surface area contributed by atoms with Crippen LogP contribution in [0.5, 0.6) is 0 Å². The van der Waals surface area contributed by atoms with Crippen LogP contribution >= 0.6 is 0 Å². The Morgan fingerprint density at radius 1 is 1.17 bits per heavy atom. The minimum Gasteiger partial charge on any atom is -0.361 e. The molecule has 122 valence electrons. The molecule has 2 aliphatic rings. The molecule has 2 fully saturated rings. The number of likely N-dealkylation sites (N-methyl/N-ethyl adjacent to an activating group) is 1. The fraction of sp³-hybridized carbons (Fsp3) is 0.500. The summed E-state index contributed by atoms with van der Waals surface area (Å²) in [6, 6.07) is 8.74. The second kappa shape index (κ2) is 5.98. The minimum atomic E-state index is 0.250. The molecular formula is C18H24N4O. The van der Waals surface area contributed by atoms with Crippen molar-refractivity contribution >= 4 is 16.8 Å². The van der Waals surface area contributed by atoms with Crippen LogP contribution in [0, 0.1) is 0 Å². The van der Waals surface area contributed by atoms with Gasteiger partial charge in [0, 0.05) is 62.4 Å². The summed E-state index contributed by atoms with van der Waals surface area (Å²) in [5.41, 5.74) is 2.21. The number of hydrogen-bond acceptors (Lipinski definition) is 3. The van der Waals surface area contributed by atoms with Gasteiger partial charge in [0.2, 0.25) is 5.91 Å². The van der Waals surface area contributed by atoms with E-state index in [4.69, 9.17) is 0 Å². The third-order valence-electron chi connectivity index (χ3n) is 5.29. The van der Waals surface area contributed by atoms with Crippen molar-refractivity contribution in [1.29, 1.82) is 0 Å². The molecule has 1 aromatic carbocycles. The topological polar surface area (TPSA) is 42.6 Å². The third-order valence-corrected chi connectivity index (χ3v) is 5.29. The quantitative estimate of drug-likeness (QED) is 0.925. The van der Waals surface area contributed by atoms with Crippen molar-refractivity contribution in [3.8, 4) is 0 Å². The van der Waals surface area contributed by atoms with E-state index in [1.807, 2.05) is 23.2 Å². The number of carbonyl (C=O) groups excluding carboxylic acids is 1. The summed E-state index contributed by atoms with van der Waals surface area (Å²) in [6.45, 7) is 6.33. The molecule has 0 radical (unpaired) electrons. The normalized spacial score (nSPS) is 20.8. The van der Waals surface area contributed by atoms with Gasteiger partial charge in [0.15, 0.2) is 0 Å². The molecule has 1 N–H and O–H groups in total. The van der Waals surface area contributed by atoms with Gasteiger partial charge in [-0.3, -0.25) is 9.69 Å². The zero-order chi connectivity index (χ0) is 15.8. The molecule has 0 atom stereocenters. The second-order valence-electron chi connectivity index (χ2n) is 6.83. The van der Waals surface area contributed by atoms with Gasteiger partial charge in [-0.2, -0.15) is 0 Å².